The molecule has 10 nitrogen and oxygen atoms in total. The summed E-state index contributed by atoms with van der Waals surface area (Å²) in [7, 11) is 0. The molecule has 2 amide bonds. The number of hydrogen-bond donors (Lipinski definition) is 2. The Morgan fingerprint density at radius 1 is 1.38 bits per heavy atom. The first-order chi connectivity index (χ1) is 13.7. The summed E-state index contributed by atoms with van der Waals surface area (Å²) in [5.41, 5.74) is 3.98. The van der Waals surface area contributed by atoms with Gasteiger partial charge in [0.2, 0.25) is 5.95 Å². The number of halogens is 3. The van der Waals surface area contributed by atoms with E-state index in [2.05, 4.69) is 20.4 Å². The van der Waals surface area contributed by atoms with E-state index >= 15 is 0 Å². The molecule has 1 aliphatic heterocycles. The van der Waals surface area contributed by atoms with Crippen molar-refractivity contribution in [3.05, 3.63) is 35.5 Å². The average molecular weight is 414 g/mol. The fourth-order valence-electron chi connectivity index (χ4n) is 2.64. The van der Waals surface area contributed by atoms with Gasteiger partial charge in [0.15, 0.2) is 18.1 Å². The Hall–Kier alpha value is -3.38. The number of nitrogens with zero attached hydrogens (tertiary/aromatic N) is 4. The van der Waals surface area contributed by atoms with E-state index in [4.69, 9.17) is 15.0 Å². The number of carbonyl (C=O) groups excluding carboxylic acids is 2. The molecule has 2 aromatic rings. The summed E-state index contributed by atoms with van der Waals surface area (Å²) >= 11 is 0. The van der Waals surface area contributed by atoms with Crippen LogP contribution in [0.4, 0.5) is 23.9 Å². The predicted molar refractivity (Wildman–Crippen MR) is 90.6 cm³/mol. The van der Waals surface area contributed by atoms with E-state index in [0.29, 0.717) is 26.1 Å². The largest absolute Gasteiger partial charge is 0.441 e. The van der Waals surface area contributed by atoms with Crippen LogP contribution in [0.25, 0.3) is 0 Å². The maximum atomic E-state index is 12.7. The molecular weight excluding hydrogens is 397 g/mol. The van der Waals surface area contributed by atoms with Gasteiger partial charge < -0.3 is 25.2 Å². The lowest BCUT2D eigenvalue weighted by Gasteiger charge is -2.39. The highest BCUT2D eigenvalue weighted by Gasteiger charge is 2.35. The molecule has 1 saturated heterocycles. The van der Waals surface area contributed by atoms with Gasteiger partial charge in [0, 0.05) is 31.9 Å². The molecule has 0 saturated carbocycles. The third kappa shape index (κ3) is 5.33. The van der Waals surface area contributed by atoms with E-state index in [1.165, 1.54) is 6.07 Å². The van der Waals surface area contributed by atoms with Crippen molar-refractivity contribution in [1.29, 1.82) is 0 Å². The third-order valence-corrected chi connectivity index (χ3v) is 4.15. The molecular formula is C16H17F3N6O4. The standard InChI is InChI=1S/C16H17F3N6O4/c17-16(18,19)12-2-4-21-14(23-12)25-6-9(7-25)1-3-22-15(27)28-8-10-5-11(13(20)26)24-29-10/h2,4-5,9H,1,3,6-8H2,(H2,20,26)(H,22,27). The normalized spacial score (nSPS) is 14.4. The highest BCUT2D eigenvalue weighted by molar-refractivity contribution is 5.90. The van der Waals surface area contributed by atoms with E-state index in [9.17, 15) is 22.8 Å². The minimum atomic E-state index is -4.51. The van der Waals surface area contributed by atoms with Crippen molar-refractivity contribution in [2.75, 3.05) is 24.5 Å². The number of aromatic nitrogens is 3. The quantitative estimate of drug-likeness (QED) is 0.693. The van der Waals surface area contributed by atoms with Gasteiger partial charge in [0.05, 0.1) is 0 Å². The molecule has 0 radical (unpaired) electrons. The van der Waals surface area contributed by atoms with Gasteiger partial charge in [-0.15, -0.1) is 0 Å². The van der Waals surface area contributed by atoms with E-state index in [-0.39, 0.29) is 29.9 Å². The smallest absolute Gasteiger partial charge is 0.433 e. The molecule has 1 aliphatic rings. The fraction of sp³-hybridized carbons (Fsp3) is 0.438. The minimum Gasteiger partial charge on any atom is -0.441 e. The molecule has 0 aliphatic carbocycles. The Balaban J connectivity index is 1.34. The number of amides is 2. The molecule has 2 aromatic heterocycles. The highest BCUT2D eigenvalue weighted by Crippen LogP contribution is 2.30. The summed E-state index contributed by atoms with van der Waals surface area (Å²) < 4.78 is 47.8. The zero-order chi connectivity index (χ0) is 21.0. The van der Waals surface area contributed by atoms with Crippen LogP contribution in [-0.2, 0) is 17.5 Å². The minimum absolute atomic E-state index is 0.0332. The second-order valence-electron chi connectivity index (χ2n) is 6.34. The Kier molecular flexibility index (Phi) is 5.84. The number of carbonyl (C=O) groups is 2. The summed E-state index contributed by atoms with van der Waals surface area (Å²) in [6.07, 6.45) is -3.51. The molecule has 0 bridgehead atoms. The molecule has 3 N–H and O–H groups in total. The van der Waals surface area contributed by atoms with Crippen LogP contribution in [0.5, 0.6) is 0 Å². The second kappa shape index (κ2) is 8.32. The van der Waals surface area contributed by atoms with Crippen LogP contribution < -0.4 is 16.0 Å². The van der Waals surface area contributed by atoms with E-state index in [1.54, 1.807) is 4.90 Å². The number of hydrogen-bond acceptors (Lipinski definition) is 8. The van der Waals surface area contributed by atoms with Crippen molar-refractivity contribution >= 4 is 17.9 Å². The Morgan fingerprint density at radius 2 is 2.14 bits per heavy atom. The van der Waals surface area contributed by atoms with Crippen molar-refractivity contribution in [2.45, 2.75) is 19.2 Å². The number of ether oxygens (including phenoxy) is 1. The molecule has 156 valence electrons. The maximum absolute atomic E-state index is 12.7. The van der Waals surface area contributed by atoms with Crippen molar-refractivity contribution in [3.63, 3.8) is 0 Å². The van der Waals surface area contributed by atoms with Crippen molar-refractivity contribution in [2.24, 2.45) is 11.7 Å². The maximum Gasteiger partial charge on any atom is 0.433 e. The molecule has 3 heterocycles. The fourth-order valence-corrected chi connectivity index (χ4v) is 2.64. The number of anilines is 1. The number of primary amides is 1. The van der Waals surface area contributed by atoms with Crippen LogP contribution in [0, 0.1) is 5.92 Å². The van der Waals surface area contributed by atoms with Crippen LogP contribution in [-0.4, -0.2) is 46.8 Å². The Morgan fingerprint density at radius 3 is 2.79 bits per heavy atom. The van der Waals surface area contributed by atoms with Gasteiger partial charge in [-0.1, -0.05) is 5.16 Å². The number of nitrogens with two attached hydrogens (primary N) is 1. The van der Waals surface area contributed by atoms with Crippen molar-refractivity contribution < 1.29 is 32.0 Å². The summed E-state index contributed by atoms with van der Waals surface area (Å²) in [5, 5.41) is 5.96. The zero-order valence-electron chi connectivity index (χ0n) is 15.0. The predicted octanol–water partition coefficient (Wildman–Crippen LogP) is 1.33. The first-order valence-corrected chi connectivity index (χ1v) is 8.53. The lowest BCUT2D eigenvalue weighted by Crippen LogP contribution is -2.48. The van der Waals surface area contributed by atoms with Crippen LogP contribution in [0.15, 0.2) is 22.9 Å². The SMILES string of the molecule is NC(=O)c1cc(COC(=O)NCCC2CN(c3nccc(C(F)(F)F)n3)C2)on1. The summed E-state index contributed by atoms with van der Waals surface area (Å²) in [4.78, 5) is 31.6. The summed E-state index contributed by atoms with van der Waals surface area (Å²) in [5.74, 6) is -0.370. The third-order valence-electron chi connectivity index (χ3n) is 4.15. The Bertz CT molecular complexity index is 882. The number of rotatable bonds is 7. The van der Waals surface area contributed by atoms with Crippen molar-refractivity contribution in [3.8, 4) is 0 Å². The molecule has 1 fully saturated rings. The van der Waals surface area contributed by atoms with Gasteiger partial charge in [-0.2, -0.15) is 13.2 Å². The Labute approximate surface area is 162 Å². The van der Waals surface area contributed by atoms with Crippen LogP contribution >= 0.6 is 0 Å². The van der Waals surface area contributed by atoms with Crippen LogP contribution in [0.2, 0.25) is 0 Å². The van der Waals surface area contributed by atoms with Crippen molar-refractivity contribution in [1.82, 2.24) is 20.4 Å². The first-order valence-electron chi connectivity index (χ1n) is 8.53. The van der Waals surface area contributed by atoms with Gasteiger partial charge in [0.1, 0.15) is 5.69 Å². The van der Waals surface area contributed by atoms with Crippen LogP contribution in [0.1, 0.15) is 28.4 Å². The number of alkyl halides is 3. The molecule has 29 heavy (non-hydrogen) atoms. The lowest BCUT2D eigenvalue weighted by atomic mass is 9.97. The zero-order valence-corrected chi connectivity index (χ0v) is 15.0. The van der Waals surface area contributed by atoms with Gasteiger partial charge >= 0.3 is 12.3 Å². The topological polar surface area (TPSA) is 136 Å². The van der Waals surface area contributed by atoms with E-state index < -0.39 is 23.9 Å². The summed E-state index contributed by atoms with van der Waals surface area (Å²) in [6.45, 7) is 1.10. The first kappa shape index (κ1) is 20.4. The molecule has 3 rings (SSSR count). The van der Waals surface area contributed by atoms with E-state index in [0.717, 1.165) is 12.3 Å². The highest BCUT2D eigenvalue weighted by atomic mass is 19.4. The molecule has 0 atom stereocenters. The molecule has 0 aromatic carbocycles. The molecule has 0 spiro atoms. The second-order valence-corrected chi connectivity index (χ2v) is 6.34. The number of nitrogens with one attached hydrogen (secondary N) is 1. The molecule has 0 unspecified atom stereocenters. The van der Waals surface area contributed by atoms with Gasteiger partial charge in [0.25, 0.3) is 5.91 Å². The monoisotopic (exact) mass is 414 g/mol. The van der Waals surface area contributed by atoms with Gasteiger partial charge in [-0.3, -0.25) is 4.79 Å². The van der Waals surface area contributed by atoms with E-state index in [1.807, 2.05) is 0 Å². The number of alkyl carbamates (subject to hydrolysis) is 1. The lowest BCUT2D eigenvalue weighted by molar-refractivity contribution is -0.141. The van der Waals surface area contributed by atoms with Gasteiger partial charge in [-0.05, 0) is 18.4 Å². The van der Waals surface area contributed by atoms with Crippen LogP contribution in [0.3, 0.4) is 0 Å². The average Bonchev–Trinajstić information content (AvgIpc) is 3.10. The van der Waals surface area contributed by atoms with Gasteiger partial charge in [-0.25, -0.2) is 14.8 Å². The molecule has 13 heteroatoms. The summed E-state index contributed by atoms with van der Waals surface area (Å²) in [6, 6.07) is 2.10.